The summed E-state index contributed by atoms with van der Waals surface area (Å²) in [5, 5.41) is 9.47. The zero-order valence-electron chi connectivity index (χ0n) is 7.49. The van der Waals surface area contributed by atoms with Crippen LogP contribution < -0.4 is 0 Å². The first-order valence-electron chi connectivity index (χ1n) is 4.13. The minimum Gasteiger partial charge on any atom is -0.219 e. The largest absolute Gasteiger partial charge is 0.219 e. The smallest absolute Gasteiger partial charge is 0.0937 e. The normalized spacial score (nSPS) is 10.6. The standard InChI is InChI=1S/C9H6BrClIN3/c10-4-7-5-15(14-13-7)9-2-1-6(11)3-8(9)12/h1-3,5H,4H2. The topological polar surface area (TPSA) is 30.7 Å². The molecule has 0 radical (unpaired) electrons. The molecule has 0 aliphatic heterocycles. The highest BCUT2D eigenvalue weighted by molar-refractivity contribution is 14.1. The van der Waals surface area contributed by atoms with Gasteiger partial charge in [-0.05, 0) is 40.8 Å². The number of rotatable bonds is 2. The van der Waals surface area contributed by atoms with Crippen molar-refractivity contribution >= 4 is 50.1 Å². The van der Waals surface area contributed by atoms with Crippen LogP contribution in [0.2, 0.25) is 5.02 Å². The lowest BCUT2D eigenvalue weighted by Crippen LogP contribution is -1.97. The van der Waals surface area contributed by atoms with Crippen LogP contribution in [0.3, 0.4) is 0 Å². The third-order valence-electron chi connectivity index (χ3n) is 1.83. The Bertz CT molecular complexity index is 486. The van der Waals surface area contributed by atoms with Crippen molar-refractivity contribution in [3.8, 4) is 5.69 Å². The highest BCUT2D eigenvalue weighted by Crippen LogP contribution is 2.21. The molecule has 0 aliphatic carbocycles. The number of halogens is 3. The van der Waals surface area contributed by atoms with E-state index in [1.807, 2.05) is 24.4 Å². The van der Waals surface area contributed by atoms with Gasteiger partial charge in [0.15, 0.2) is 0 Å². The molecule has 1 heterocycles. The van der Waals surface area contributed by atoms with Gasteiger partial charge in [-0.3, -0.25) is 0 Å². The van der Waals surface area contributed by atoms with Gasteiger partial charge in [0.25, 0.3) is 0 Å². The molecule has 0 spiro atoms. The van der Waals surface area contributed by atoms with E-state index >= 15 is 0 Å². The molecule has 78 valence electrons. The van der Waals surface area contributed by atoms with Crippen molar-refractivity contribution in [2.45, 2.75) is 5.33 Å². The number of nitrogens with zero attached hydrogens (tertiary/aromatic N) is 3. The zero-order valence-corrected chi connectivity index (χ0v) is 12.0. The van der Waals surface area contributed by atoms with E-state index in [1.165, 1.54) is 0 Å². The molecule has 1 aromatic heterocycles. The molecule has 2 rings (SSSR count). The van der Waals surface area contributed by atoms with Gasteiger partial charge in [0, 0.05) is 13.9 Å². The van der Waals surface area contributed by atoms with E-state index in [4.69, 9.17) is 11.6 Å². The number of benzene rings is 1. The maximum absolute atomic E-state index is 5.88. The molecule has 2 aromatic rings. The lowest BCUT2D eigenvalue weighted by molar-refractivity contribution is 0.797. The van der Waals surface area contributed by atoms with Crippen molar-refractivity contribution < 1.29 is 0 Å². The number of hydrogen-bond donors (Lipinski definition) is 0. The van der Waals surface area contributed by atoms with Crippen LogP contribution in [0.25, 0.3) is 5.69 Å². The second-order valence-electron chi connectivity index (χ2n) is 2.88. The van der Waals surface area contributed by atoms with Gasteiger partial charge in [-0.25, -0.2) is 4.68 Å². The van der Waals surface area contributed by atoms with Gasteiger partial charge in [-0.2, -0.15) is 0 Å². The van der Waals surface area contributed by atoms with Crippen LogP contribution >= 0.6 is 50.1 Å². The summed E-state index contributed by atoms with van der Waals surface area (Å²) < 4.78 is 2.79. The lowest BCUT2D eigenvalue weighted by atomic mass is 10.3. The summed E-state index contributed by atoms with van der Waals surface area (Å²) in [4.78, 5) is 0. The molecule has 0 amide bonds. The third kappa shape index (κ3) is 2.51. The molecule has 0 saturated heterocycles. The summed E-state index contributed by atoms with van der Waals surface area (Å²) in [5.41, 5.74) is 1.89. The van der Waals surface area contributed by atoms with E-state index in [2.05, 4.69) is 48.8 Å². The molecule has 6 heteroatoms. The van der Waals surface area contributed by atoms with Crippen molar-refractivity contribution in [2.24, 2.45) is 0 Å². The summed E-state index contributed by atoms with van der Waals surface area (Å²) in [5.74, 6) is 0. The van der Waals surface area contributed by atoms with Gasteiger partial charge < -0.3 is 0 Å². The van der Waals surface area contributed by atoms with Crippen LogP contribution in [0.1, 0.15) is 5.69 Å². The van der Waals surface area contributed by atoms with Gasteiger partial charge >= 0.3 is 0 Å². The van der Waals surface area contributed by atoms with Crippen molar-refractivity contribution in [2.75, 3.05) is 0 Å². The van der Waals surface area contributed by atoms with E-state index in [0.717, 1.165) is 20.0 Å². The van der Waals surface area contributed by atoms with Crippen LogP contribution in [-0.4, -0.2) is 15.0 Å². The Balaban J connectivity index is 2.44. The van der Waals surface area contributed by atoms with Gasteiger partial charge in [0.2, 0.25) is 0 Å². The summed E-state index contributed by atoms with van der Waals surface area (Å²) in [6, 6.07) is 5.66. The second-order valence-corrected chi connectivity index (χ2v) is 5.04. The average molecular weight is 398 g/mol. The zero-order chi connectivity index (χ0) is 10.8. The molecule has 0 fully saturated rings. The van der Waals surface area contributed by atoms with Crippen LogP contribution in [0, 0.1) is 3.57 Å². The number of hydrogen-bond acceptors (Lipinski definition) is 2. The Kier molecular flexibility index (Phi) is 3.63. The minimum atomic E-state index is 0.706. The summed E-state index contributed by atoms with van der Waals surface area (Å²) in [6.45, 7) is 0. The predicted molar refractivity (Wildman–Crippen MR) is 71.7 cm³/mol. The fraction of sp³-hybridized carbons (Fsp3) is 0.111. The lowest BCUT2D eigenvalue weighted by Gasteiger charge is -2.03. The fourth-order valence-electron chi connectivity index (χ4n) is 1.14. The molecule has 15 heavy (non-hydrogen) atoms. The molecule has 0 N–H and O–H groups in total. The van der Waals surface area contributed by atoms with Gasteiger partial charge in [0.05, 0.1) is 17.6 Å². The van der Waals surface area contributed by atoms with Gasteiger partial charge in [-0.1, -0.05) is 32.7 Å². The average Bonchev–Trinajstić information content (AvgIpc) is 2.66. The highest BCUT2D eigenvalue weighted by Gasteiger charge is 2.05. The van der Waals surface area contributed by atoms with Crippen molar-refractivity contribution in [3.05, 3.63) is 38.7 Å². The van der Waals surface area contributed by atoms with E-state index in [9.17, 15) is 0 Å². The highest BCUT2D eigenvalue weighted by atomic mass is 127. The quantitative estimate of drug-likeness (QED) is 0.573. The van der Waals surface area contributed by atoms with Crippen LogP contribution in [0.15, 0.2) is 24.4 Å². The fourth-order valence-corrected chi connectivity index (χ4v) is 2.52. The molecule has 0 saturated carbocycles. The maximum atomic E-state index is 5.88. The van der Waals surface area contributed by atoms with E-state index in [0.29, 0.717) is 5.33 Å². The minimum absolute atomic E-state index is 0.706. The van der Waals surface area contributed by atoms with Crippen LogP contribution in [-0.2, 0) is 5.33 Å². The molecule has 0 atom stereocenters. The van der Waals surface area contributed by atoms with Crippen LogP contribution in [0.4, 0.5) is 0 Å². The number of aromatic nitrogens is 3. The third-order valence-corrected chi connectivity index (χ3v) is 3.51. The molecular formula is C9H6BrClIN3. The molecule has 3 nitrogen and oxygen atoms in total. The molecule has 0 unspecified atom stereocenters. The summed E-state index contributed by atoms with van der Waals surface area (Å²) in [6.07, 6.45) is 1.89. The summed E-state index contributed by atoms with van der Waals surface area (Å²) in [7, 11) is 0. The Morgan fingerprint density at radius 3 is 2.87 bits per heavy atom. The van der Waals surface area contributed by atoms with E-state index in [-0.39, 0.29) is 0 Å². The first-order chi connectivity index (χ1) is 7.20. The number of alkyl halides is 1. The van der Waals surface area contributed by atoms with Crippen molar-refractivity contribution in [1.29, 1.82) is 0 Å². The first kappa shape index (κ1) is 11.3. The SMILES string of the molecule is Clc1ccc(-n2cc(CBr)nn2)c(I)c1. The molecular weight excluding hydrogens is 392 g/mol. The second kappa shape index (κ2) is 4.80. The predicted octanol–water partition coefficient (Wildman–Crippen LogP) is 3.42. The van der Waals surface area contributed by atoms with Crippen LogP contribution in [0.5, 0.6) is 0 Å². The molecule has 0 bridgehead atoms. The van der Waals surface area contributed by atoms with Crippen molar-refractivity contribution in [3.63, 3.8) is 0 Å². The Morgan fingerprint density at radius 2 is 2.27 bits per heavy atom. The Morgan fingerprint density at radius 1 is 1.47 bits per heavy atom. The molecule has 0 aliphatic rings. The molecule has 1 aromatic carbocycles. The summed E-state index contributed by atoms with van der Waals surface area (Å²) >= 11 is 11.4. The van der Waals surface area contributed by atoms with Crippen molar-refractivity contribution in [1.82, 2.24) is 15.0 Å². The monoisotopic (exact) mass is 397 g/mol. The first-order valence-corrected chi connectivity index (χ1v) is 6.71. The Hall–Kier alpha value is -0.140. The Labute approximate surface area is 114 Å². The van der Waals surface area contributed by atoms with E-state index in [1.54, 1.807) is 4.68 Å². The maximum Gasteiger partial charge on any atom is 0.0937 e. The van der Waals surface area contributed by atoms with E-state index < -0.39 is 0 Å². The van der Waals surface area contributed by atoms with Gasteiger partial charge in [-0.15, -0.1) is 5.10 Å². The van der Waals surface area contributed by atoms with Gasteiger partial charge in [0.1, 0.15) is 0 Å².